The van der Waals surface area contributed by atoms with E-state index in [1.807, 2.05) is 20.9 Å². The normalized spacial score (nSPS) is 12.1. The van der Waals surface area contributed by atoms with Crippen LogP contribution >= 0.6 is 11.6 Å². The summed E-state index contributed by atoms with van der Waals surface area (Å²) >= 11 is 5.83. The number of carbonyl (C=O) groups excluding carboxylic acids is 2. The maximum absolute atomic E-state index is 12.5. The number of hydrogen-bond acceptors (Lipinski definition) is 4. The lowest BCUT2D eigenvalue weighted by Crippen LogP contribution is -2.43. The van der Waals surface area contributed by atoms with Crippen LogP contribution in [-0.4, -0.2) is 46.1 Å². The van der Waals surface area contributed by atoms with E-state index in [1.165, 1.54) is 0 Å². The maximum atomic E-state index is 12.5. The number of nitrogens with one attached hydrogen (secondary N) is 2. The molecule has 2 amide bonds. The molecule has 0 aliphatic carbocycles. The summed E-state index contributed by atoms with van der Waals surface area (Å²) in [5.74, 6) is -0.394. The summed E-state index contributed by atoms with van der Waals surface area (Å²) in [5.41, 5.74) is 3.01. The van der Waals surface area contributed by atoms with Crippen molar-refractivity contribution in [1.29, 1.82) is 0 Å². The van der Waals surface area contributed by atoms with Crippen LogP contribution < -0.4 is 10.6 Å². The summed E-state index contributed by atoms with van der Waals surface area (Å²) in [6.45, 7) is 5.58. The Morgan fingerprint density at radius 3 is 2.38 bits per heavy atom. The van der Waals surface area contributed by atoms with Crippen molar-refractivity contribution in [2.24, 2.45) is 7.05 Å². The van der Waals surface area contributed by atoms with Gasteiger partial charge in [-0.3, -0.25) is 19.2 Å². The fourth-order valence-corrected chi connectivity index (χ4v) is 2.61. The number of aryl methyl sites for hydroxylation is 2. The van der Waals surface area contributed by atoms with E-state index in [0.717, 1.165) is 11.4 Å². The number of amides is 2. The van der Waals surface area contributed by atoms with Gasteiger partial charge in [0.05, 0.1) is 29.7 Å². The quantitative estimate of drug-likeness (QED) is 0.811. The van der Waals surface area contributed by atoms with E-state index in [1.54, 1.807) is 47.8 Å². The highest BCUT2D eigenvalue weighted by molar-refractivity contribution is 6.30. The molecule has 1 heterocycles. The molecule has 0 radical (unpaired) electrons. The molecule has 0 spiro atoms. The SMILES string of the molecule is Cc1nn(C)c(C)c1NC(=O)[C@H](C)N(C)CC(=O)Nc1ccc(Cl)cc1. The Bertz CT molecular complexity index is 801. The topological polar surface area (TPSA) is 79.3 Å². The zero-order chi connectivity index (χ0) is 19.4. The van der Waals surface area contributed by atoms with Crippen LogP contribution in [0, 0.1) is 13.8 Å². The first kappa shape index (κ1) is 19.9. The molecule has 26 heavy (non-hydrogen) atoms. The zero-order valence-corrected chi connectivity index (χ0v) is 16.4. The van der Waals surface area contributed by atoms with Gasteiger partial charge in [0.25, 0.3) is 0 Å². The molecule has 8 heteroatoms. The average Bonchev–Trinajstić information content (AvgIpc) is 2.82. The summed E-state index contributed by atoms with van der Waals surface area (Å²) < 4.78 is 1.72. The lowest BCUT2D eigenvalue weighted by molar-refractivity contribution is -0.122. The van der Waals surface area contributed by atoms with Gasteiger partial charge in [-0.1, -0.05) is 11.6 Å². The largest absolute Gasteiger partial charge is 0.325 e. The molecule has 2 aromatic rings. The molecule has 0 saturated heterocycles. The van der Waals surface area contributed by atoms with E-state index in [9.17, 15) is 9.59 Å². The minimum absolute atomic E-state index is 0.0855. The molecule has 0 aliphatic rings. The molecule has 0 aliphatic heterocycles. The molecule has 7 nitrogen and oxygen atoms in total. The smallest absolute Gasteiger partial charge is 0.241 e. The second-order valence-corrected chi connectivity index (χ2v) is 6.74. The number of likely N-dealkylation sites (N-methyl/N-ethyl adjacent to an activating group) is 1. The Morgan fingerprint density at radius 1 is 1.23 bits per heavy atom. The molecule has 2 N–H and O–H groups in total. The highest BCUT2D eigenvalue weighted by Crippen LogP contribution is 2.19. The number of rotatable bonds is 6. The van der Waals surface area contributed by atoms with Crippen molar-refractivity contribution in [3.8, 4) is 0 Å². The number of nitrogens with zero attached hydrogens (tertiary/aromatic N) is 3. The van der Waals surface area contributed by atoms with Crippen molar-refractivity contribution < 1.29 is 9.59 Å². The lowest BCUT2D eigenvalue weighted by atomic mass is 10.2. The number of carbonyl (C=O) groups is 2. The van der Waals surface area contributed by atoms with E-state index in [-0.39, 0.29) is 18.4 Å². The predicted octanol–water partition coefficient (Wildman–Crippen LogP) is 2.59. The second kappa shape index (κ2) is 8.33. The highest BCUT2D eigenvalue weighted by atomic mass is 35.5. The number of halogens is 1. The highest BCUT2D eigenvalue weighted by Gasteiger charge is 2.22. The van der Waals surface area contributed by atoms with Gasteiger partial charge in [0, 0.05) is 17.8 Å². The fourth-order valence-electron chi connectivity index (χ4n) is 2.48. The molecule has 2 rings (SSSR count). The molecule has 0 fully saturated rings. The lowest BCUT2D eigenvalue weighted by Gasteiger charge is -2.23. The molecule has 1 aromatic carbocycles. The summed E-state index contributed by atoms with van der Waals surface area (Å²) in [4.78, 5) is 26.4. The van der Waals surface area contributed by atoms with Crippen LogP contribution in [0.3, 0.4) is 0 Å². The molecule has 0 unspecified atom stereocenters. The first-order chi connectivity index (χ1) is 12.2. The third-order valence-corrected chi connectivity index (χ3v) is 4.57. The van der Waals surface area contributed by atoms with Crippen molar-refractivity contribution >= 4 is 34.8 Å². The van der Waals surface area contributed by atoms with Gasteiger partial charge in [-0.25, -0.2) is 0 Å². The Hall–Kier alpha value is -2.38. The summed E-state index contributed by atoms with van der Waals surface area (Å²) in [7, 11) is 3.56. The summed E-state index contributed by atoms with van der Waals surface area (Å²) in [6, 6.07) is 6.38. The van der Waals surface area contributed by atoms with Gasteiger partial charge < -0.3 is 10.6 Å². The van der Waals surface area contributed by atoms with Crippen LogP contribution in [0.2, 0.25) is 5.02 Å². The Morgan fingerprint density at radius 2 is 1.85 bits per heavy atom. The van der Waals surface area contributed by atoms with Crippen molar-refractivity contribution in [1.82, 2.24) is 14.7 Å². The van der Waals surface area contributed by atoms with Gasteiger partial charge in [0.15, 0.2) is 0 Å². The van der Waals surface area contributed by atoms with Crippen molar-refractivity contribution in [3.05, 3.63) is 40.7 Å². The van der Waals surface area contributed by atoms with E-state index in [0.29, 0.717) is 16.4 Å². The molecule has 1 atom stereocenters. The second-order valence-electron chi connectivity index (χ2n) is 6.30. The Balaban J connectivity index is 1.93. The molecular weight excluding hydrogens is 354 g/mol. The van der Waals surface area contributed by atoms with Crippen LogP contribution in [0.1, 0.15) is 18.3 Å². The van der Waals surface area contributed by atoms with Crippen molar-refractivity contribution in [3.63, 3.8) is 0 Å². The van der Waals surface area contributed by atoms with E-state index >= 15 is 0 Å². The van der Waals surface area contributed by atoms with Crippen LogP contribution in [0.4, 0.5) is 11.4 Å². The van der Waals surface area contributed by atoms with Crippen LogP contribution in [0.5, 0.6) is 0 Å². The van der Waals surface area contributed by atoms with Crippen LogP contribution in [0.25, 0.3) is 0 Å². The average molecular weight is 378 g/mol. The zero-order valence-electron chi connectivity index (χ0n) is 15.6. The Kier molecular flexibility index (Phi) is 6.39. The minimum Gasteiger partial charge on any atom is -0.325 e. The van der Waals surface area contributed by atoms with Gasteiger partial charge in [-0.05, 0) is 52.1 Å². The number of hydrogen-bond donors (Lipinski definition) is 2. The number of anilines is 2. The first-order valence-corrected chi connectivity index (χ1v) is 8.63. The Labute approximate surface area is 158 Å². The standard InChI is InChI=1S/C18H24ClN5O2/c1-11-17(12(2)24(5)22-11)21-18(26)13(3)23(4)10-16(25)20-15-8-6-14(19)7-9-15/h6-9,13H,10H2,1-5H3,(H,20,25)(H,21,26)/t13-/m0/s1. The van der Waals surface area contributed by atoms with Gasteiger partial charge in [0.2, 0.25) is 11.8 Å². The fraction of sp³-hybridized carbons (Fsp3) is 0.389. The van der Waals surface area contributed by atoms with Gasteiger partial charge in [-0.15, -0.1) is 0 Å². The van der Waals surface area contributed by atoms with E-state index in [2.05, 4.69) is 15.7 Å². The summed E-state index contributed by atoms with van der Waals surface area (Å²) in [6.07, 6.45) is 0. The molecule has 0 saturated carbocycles. The monoisotopic (exact) mass is 377 g/mol. The van der Waals surface area contributed by atoms with Crippen molar-refractivity contribution in [2.75, 3.05) is 24.2 Å². The van der Waals surface area contributed by atoms with Crippen molar-refractivity contribution in [2.45, 2.75) is 26.8 Å². The molecule has 1 aromatic heterocycles. The van der Waals surface area contributed by atoms with Crippen LogP contribution in [-0.2, 0) is 16.6 Å². The van der Waals surface area contributed by atoms with Gasteiger partial charge in [-0.2, -0.15) is 5.10 Å². The molecule has 140 valence electrons. The van der Waals surface area contributed by atoms with Crippen LogP contribution in [0.15, 0.2) is 24.3 Å². The van der Waals surface area contributed by atoms with E-state index < -0.39 is 6.04 Å². The first-order valence-electron chi connectivity index (χ1n) is 8.25. The number of benzene rings is 1. The maximum Gasteiger partial charge on any atom is 0.241 e. The number of aromatic nitrogens is 2. The molecular formula is C18H24ClN5O2. The minimum atomic E-state index is -0.482. The van der Waals surface area contributed by atoms with E-state index in [4.69, 9.17) is 11.6 Å². The van der Waals surface area contributed by atoms with Gasteiger partial charge >= 0.3 is 0 Å². The molecule has 0 bridgehead atoms. The third-order valence-electron chi connectivity index (χ3n) is 4.32. The van der Waals surface area contributed by atoms with Gasteiger partial charge in [0.1, 0.15) is 0 Å². The third kappa shape index (κ3) is 4.83. The summed E-state index contributed by atoms with van der Waals surface area (Å²) in [5, 5.41) is 10.6. The predicted molar refractivity (Wildman–Crippen MR) is 103 cm³/mol.